The number of hydrogen-bond donors (Lipinski definition) is 2. The Balaban J connectivity index is 4.22. The summed E-state index contributed by atoms with van der Waals surface area (Å²) in [5, 5.41) is 3.27. The lowest BCUT2D eigenvalue weighted by atomic mass is 9.96. The Bertz CT molecular complexity index is 245. The molecule has 0 heterocycles. The van der Waals surface area contributed by atoms with Crippen molar-refractivity contribution in [3.8, 4) is 0 Å². The number of amides is 1. The average molecular weight is 257 g/mol. The number of rotatable bonds is 10. The molecule has 0 bridgehead atoms. The Labute approximate surface area is 112 Å². The van der Waals surface area contributed by atoms with Gasteiger partial charge in [0.2, 0.25) is 5.91 Å². The van der Waals surface area contributed by atoms with Gasteiger partial charge >= 0.3 is 0 Å². The van der Waals surface area contributed by atoms with Crippen molar-refractivity contribution in [2.45, 2.75) is 52.5 Å². The largest absolute Gasteiger partial charge is 0.368 e. The lowest BCUT2D eigenvalue weighted by Crippen LogP contribution is -2.54. The van der Waals surface area contributed by atoms with Crippen LogP contribution < -0.4 is 11.1 Å². The van der Waals surface area contributed by atoms with E-state index in [0.29, 0.717) is 5.92 Å². The summed E-state index contributed by atoms with van der Waals surface area (Å²) in [4.78, 5) is 13.8. The van der Waals surface area contributed by atoms with Gasteiger partial charge in [0.15, 0.2) is 0 Å². The normalized spacial score (nSPS) is 16.6. The smallest absolute Gasteiger partial charge is 0.237 e. The molecule has 0 aliphatic heterocycles. The molecular formula is C14H31N3O. The number of nitrogens with two attached hydrogens (primary N) is 1. The first-order chi connectivity index (χ1) is 8.35. The predicted octanol–water partition coefficient (Wildman–Crippen LogP) is 1.60. The Morgan fingerprint density at radius 3 is 2.50 bits per heavy atom. The topological polar surface area (TPSA) is 58.4 Å². The summed E-state index contributed by atoms with van der Waals surface area (Å²) < 4.78 is 0. The second kappa shape index (κ2) is 8.48. The number of primary amides is 1. The maximum atomic E-state index is 11.6. The minimum absolute atomic E-state index is 0.257. The van der Waals surface area contributed by atoms with Gasteiger partial charge in [0.25, 0.3) is 0 Å². The van der Waals surface area contributed by atoms with Crippen LogP contribution in [-0.2, 0) is 4.79 Å². The molecule has 0 spiro atoms. The van der Waals surface area contributed by atoms with Gasteiger partial charge in [-0.3, -0.25) is 4.79 Å². The van der Waals surface area contributed by atoms with Gasteiger partial charge in [0, 0.05) is 13.1 Å². The third kappa shape index (κ3) is 6.36. The Morgan fingerprint density at radius 1 is 1.44 bits per heavy atom. The highest BCUT2D eigenvalue weighted by Gasteiger charge is 2.30. The zero-order valence-corrected chi connectivity index (χ0v) is 12.8. The van der Waals surface area contributed by atoms with Crippen LogP contribution in [0.25, 0.3) is 0 Å². The molecule has 4 nitrogen and oxygen atoms in total. The van der Waals surface area contributed by atoms with Gasteiger partial charge in [0.1, 0.15) is 0 Å². The molecule has 1 amide bonds. The molecule has 108 valence electrons. The van der Waals surface area contributed by atoms with Gasteiger partial charge in [-0.15, -0.1) is 0 Å². The van der Waals surface area contributed by atoms with E-state index in [9.17, 15) is 4.79 Å². The summed E-state index contributed by atoms with van der Waals surface area (Å²) in [6.45, 7) is 11.2. The van der Waals surface area contributed by atoms with E-state index in [4.69, 9.17) is 5.73 Å². The lowest BCUT2D eigenvalue weighted by Gasteiger charge is -2.30. The molecule has 0 aromatic carbocycles. The number of nitrogens with one attached hydrogen (secondary N) is 1. The molecule has 0 saturated heterocycles. The highest BCUT2D eigenvalue weighted by molar-refractivity contribution is 5.84. The van der Waals surface area contributed by atoms with Crippen molar-refractivity contribution in [3.05, 3.63) is 0 Å². The van der Waals surface area contributed by atoms with Crippen molar-refractivity contribution in [1.82, 2.24) is 10.2 Å². The minimum atomic E-state index is -0.584. The van der Waals surface area contributed by atoms with Crippen LogP contribution in [0.1, 0.15) is 47.0 Å². The first kappa shape index (κ1) is 17.4. The van der Waals surface area contributed by atoms with Crippen LogP contribution in [0, 0.1) is 5.92 Å². The van der Waals surface area contributed by atoms with Crippen LogP contribution in [0.3, 0.4) is 0 Å². The second-order valence-electron chi connectivity index (χ2n) is 5.65. The zero-order chi connectivity index (χ0) is 14.2. The fourth-order valence-electron chi connectivity index (χ4n) is 1.87. The summed E-state index contributed by atoms with van der Waals surface area (Å²) in [7, 11) is 2.10. The standard InChI is InChI=1S/C14H31N3O/c1-6-9-16-14(4,13(15)18)8-10-17(5)11-12(3)7-2/h12,16H,6-11H2,1-5H3,(H2,15,18). The van der Waals surface area contributed by atoms with Crippen molar-refractivity contribution >= 4 is 5.91 Å². The average Bonchev–Trinajstić information content (AvgIpc) is 2.33. The molecule has 2 atom stereocenters. The van der Waals surface area contributed by atoms with Crippen LogP contribution in [0.15, 0.2) is 0 Å². The van der Waals surface area contributed by atoms with Gasteiger partial charge in [-0.1, -0.05) is 27.2 Å². The molecule has 0 aromatic rings. The number of nitrogens with zero attached hydrogens (tertiary/aromatic N) is 1. The van der Waals surface area contributed by atoms with Crippen LogP contribution in [-0.4, -0.2) is 43.0 Å². The molecular weight excluding hydrogens is 226 g/mol. The van der Waals surface area contributed by atoms with Gasteiger partial charge in [-0.2, -0.15) is 0 Å². The molecule has 3 N–H and O–H groups in total. The fourth-order valence-corrected chi connectivity index (χ4v) is 1.87. The van der Waals surface area contributed by atoms with Gasteiger partial charge in [0.05, 0.1) is 5.54 Å². The maximum Gasteiger partial charge on any atom is 0.237 e. The summed E-state index contributed by atoms with van der Waals surface area (Å²) >= 11 is 0. The van der Waals surface area contributed by atoms with Crippen molar-refractivity contribution in [1.29, 1.82) is 0 Å². The van der Waals surface area contributed by atoms with Crippen LogP contribution in [0.2, 0.25) is 0 Å². The van der Waals surface area contributed by atoms with E-state index in [-0.39, 0.29) is 5.91 Å². The molecule has 0 aromatic heterocycles. The van der Waals surface area contributed by atoms with E-state index in [2.05, 4.69) is 38.0 Å². The maximum absolute atomic E-state index is 11.6. The van der Waals surface area contributed by atoms with Gasteiger partial charge < -0.3 is 16.0 Å². The third-order valence-electron chi connectivity index (χ3n) is 3.62. The Kier molecular flexibility index (Phi) is 8.20. The van der Waals surface area contributed by atoms with Crippen molar-refractivity contribution in [3.63, 3.8) is 0 Å². The predicted molar refractivity (Wildman–Crippen MR) is 77.5 cm³/mol. The minimum Gasteiger partial charge on any atom is -0.368 e. The quantitative estimate of drug-likeness (QED) is 0.625. The first-order valence-corrected chi connectivity index (χ1v) is 7.09. The molecule has 0 rings (SSSR count). The fraction of sp³-hybridized carbons (Fsp3) is 0.929. The van der Waals surface area contributed by atoms with E-state index in [1.165, 1.54) is 6.42 Å². The van der Waals surface area contributed by atoms with Crippen molar-refractivity contribution in [2.24, 2.45) is 11.7 Å². The SMILES string of the molecule is CCCNC(C)(CCN(C)CC(C)CC)C(N)=O. The van der Waals surface area contributed by atoms with Crippen LogP contribution in [0.5, 0.6) is 0 Å². The van der Waals surface area contributed by atoms with Crippen molar-refractivity contribution < 1.29 is 4.79 Å². The Morgan fingerprint density at radius 2 is 2.06 bits per heavy atom. The van der Waals surface area contributed by atoms with E-state index in [1.807, 2.05) is 6.92 Å². The molecule has 4 heteroatoms. The second-order valence-corrected chi connectivity index (χ2v) is 5.65. The van der Waals surface area contributed by atoms with Gasteiger partial charge in [-0.25, -0.2) is 0 Å². The zero-order valence-electron chi connectivity index (χ0n) is 12.8. The van der Waals surface area contributed by atoms with Crippen molar-refractivity contribution in [2.75, 3.05) is 26.7 Å². The number of hydrogen-bond acceptors (Lipinski definition) is 3. The van der Waals surface area contributed by atoms with Gasteiger partial charge in [-0.05, 0) is 39.3 Å². The van der Waals surface area contributed by atoms with E-state index in [1.54, 1.807) is 0 Å². The molecule has 2 unspecified atom stereocenters. The molecule has 18 heavy (non-hydrogen) atoms. The lowest BCUT2D eigenvalue weighted by molar-refractivity contribution is -0.124. The number of carbonyl (C=O) groups excluding carboxylic acids is 1. The molecule has 0 saturated carbocycles. The summed E-state index contributed by atoms with van der Waals surface area (Å²) in [5.41, 5.74) is 4.92. The Hall–Kier alpha value is -0.610. The van der Waals surface area contributed by atoms with Crippen LogP contribution >= 0.6 is 0 Å². The first-order valence-electron chi connectivity index (χ1n) is 7.09. The van der Waals surface area contributed by atoms with E-state index < -0.39 is 5.54 Å². The van der Waals surface area contributed by atoms with E-state index in [0.717, 1.165) is 32.5 Å². The third-order valence-corrected chi connectivity index (χ3v) is 3.62. The molecule has 0 fully saturated rings. The summed E-state index contributed by atoms with van der Waals surface area (Å²) in [6, 6.07) is 0. The molecule has 0 aliphatic carbocycles. The summed E-state index contributed by atoms with van der Waals surface area (Å²) in [5.74, 6) is 0.436. The monoisotopic (exact) mass is 257 g/mol. The summed E-state index contributed by atoms with van der Waals surface area (Å²) in [6.07, 6.45) is 2.95. The highest BCUT2D eigenvalue weighted by atomic mass is 16.1. The highest BCUT2D eigenvalue weighted by Crippen LogP contribution is 2.11. The van der Waals surface area contributed by atoms with E-state index >= 15 is 0 Å². The number of carbonyl (C=O) groups is 1. The molecule has 0 aliphatic rings. The molecule has 0 radical (unpaired) electrons. The van der Waals surface area contributed by atoms with Crippen LogP contribution in [0.4, 0.5) is 0 Å².